The number of para-hydroxylation sites is 1. The second-order valence-corrected chi connectivity index (χ2v) is 7.78. The van der Waals surface area contributed by atoms with E-state index >= 15 is 0 Å². The molecule has 2 fully saturated rings. The number of amides is 3. The fourth-order valence-electron chi connectivity index (χ4n) is 3.43. The van der Waals surface area contributed by atoms with Crippen molar-refractivity contribution < 1.29 is 19.5 Å². The molecule has 0 aliphatic heterocycles. The molecule has 1 unspecified atom stereocenters. The van der Waals surface area contributed by atoms with Crippen LogP contribution in [0.4, 0.5) is 10.5 Å². The van der Waals surface area contributed by atoms with Gasteiger partial charge < -0.3 is 21.1 Å². The van der Waals surface area contributed by atoms with E-state index in [2.05, 4.69) is 16.0 Å². The molecule has 1 atom stereocenters. The molecule has 3 amide bonds. The predicted octanol–water partition coefficient (Wildman–Crippen LogP) is 1.64. The monoisotopic (exact) mass is 388 g/mol. The molecule has 152 valence electrons. The highest BCUT2D eigenvalue weighted by molar-refractivity contribution is 5.93. The number of hydrogen-bond acceptors (Lipinski definition) is 4. The Morgan fingerprint density at radius 2 is 1.86 bits per heavy atom. The Morgan fingerprint density at radius 1 is 1.18 bits per heavy atom. The summed E-state index contributed by atoms with van der Waals surface area (Å²) in [6.07, 6.45) is 3.85. The number of carboxylic acid groups (broad SMARTS) is 1. The fraction of sp³-hybridized carbons (Fsp3) is 0.550. The SMILES string of the molecule is CC(NC(=O)Nc1ccccc1)C(=O)NC1CC(N(CC(=O)O)CC2CC2)C1. The van der Waals surface area contributed by atoms with Crippen LogP contribution in [0.2, 0.25) is 0 Å². The van der Waals surface area contributed by atoms with Crippen molar-refractivity contribution in [1.29, 1.82) is 0 Å². The summed E-state index contributed by atoms with van der Waals surface area (Å²) < 4.78 is 0. The van der Waals surface area contributed by atoms with Crippen molar-refractivity contribution in [3.63, 3.8) is 0 Å². The molecule has 2 aliphatic carbocycles. The molecule has 0 spiro atoms. The highest BCUT2D eigenvalue weighted by Gasteiger charge is 2.38. The first kappa shape index (κ1) is 20.1. The molecule has 2 aliphatic rings. The zero-order chi connectivity index (χ0) is 20.1. The van der Waals surface area contributed by atoms with Crippen LogP contribution < -0.4 is 16.0 Å². The molecular weight excluding hydrogens is 360 g/mol. The lowest BCUT2D eigenvalue weighted by molar-refractivity contribution is -0.140. The first-order valence-electron chi connectivity index (χ1n) is 9.79. The zero-order valence-electron chi connectivity index (χ0n) is 16.1. The van der Waals surface area contributed by atoms with E-state index in [0.29, 0.717) is 11.6 Å². The van der Waals surface area contributed by atoms with E-state index in [1.807, 2.05) is 23.1 Å². The maximum absolute atomic E-state index is 12.3. The molecule has 3 rings (SSSR count). The second-order valence-electron chi connectivity index (χ2n) is 7.78. The molecule has 0 bridgehead atoms. The van der Waals surface area contributed by atoms with Crippen LogP contribution in [0, 0.1) is 5.92 Å². The molecule has 0 heterocycles. The first-order chi connectivity index (χ1) is 13.4. The molecule has 8 heteroatoms. The zero-order valence-corrected chi connectivity index (χ0v) is 16.1. The average Bonchev–Trinajstić information content (AvgIpc) is 3.41. The molecule has 2 saturated carbocycles. The molecule has 4 N–H and O–H groups in total. The van der Waals surface area contributed by atoms with Gasteiger partial charge >= 0.3 is 12.0 Å². The predicted molar refractivity (Wildman–Crippen MR) is 105 cm³/mol. The maximum atomic E-state index is 12.3. The van der Waals surface area contributed by atoms with Gasteiger partial charge in [-0.2, -0.15) is 0 Å². The van der Waals surface area contributed by atoms with Gasteiger partial charge in [-0.15, -0.1) is 0 Å². The van der Waals surface area contributed by atoms with Crippen molar-refractivity contribution in [1.82, 2.24) is 15.5 Å². The molecule has 8 nitrogen and oxygen atoms in total. The van der Waals surface area contributed by atoms with Gasteiger partial charge in [0.1, 0.15) is 6.04 Å². The first-order valence-corrected chi connectivity index (χ1v) is 9.79. The van der Waals surface area contributed by atoms with Gasteiger partial charge in [-0.25, -0.2) is 4.79 Å². The number of hydrogen-bond donors (Lipinski definition) is 4. The number of nitrogens with zero attached hydrogens (tertiary/aromatic N) is 1. The number of urea groups is 1. The van der Waals surface area contributed by atoms with Crippen LogP contribution in [0.15, 0.2) is 30.3 Å². The summed E-state index contributed by atoms with van der Waals surface area (Å²) in [5.74, 6) is -0.422. The van der Waals surface area contributed by atoms with Gasteiger partial charge in [0, 0.05) is 24.3 Å². The van der Waals surface area contributed by atoms with Crippen molar-refractivity contribution in [2.45, 2.75) is 50.7 Å². The normalized spacial score (nSPS) is 22.1. The van der Waals surface area contributed by atoms with Gasteiger partial charge in [-0.3, -0.25) is 14.5 Å². The standard InChI is InChI=1S/C20H28N4O4/c1-13(21-20(28)23-15-5-3-2-4-6-15)19(27)22-16-9-17(10-16)24(12-18(25)26)11-14-7-8-14/h2-6,13-14,16-17H,7-12H2,1H3,(H,22,27)(H,25,26)(H2,21,23,28). The molecule has 28 heavy (non-hydrogen) atoms. The minimum atomic E-state index is -0.810. The Morgan fingerprint density at radius 3 is 2.46 bits per heavy atom. The molecule has 1 aromatic rings. The molecular formula is C20H28N4O4. The van der Waals surface area contributed by atoms with E-state index in [1.165, 1.54) is 12.8 Å². The van der Waals surface area contributed by atoms with Crippen LogP contribution in [-0.2, 0) is 9.59 Å². The smallest absolute Gasteiger partial charge is 0.319 e. The lowest BCUT2D eigenvalue weighted by atomic mass is 9.85. The Labute approximate surface area is 164 Å². The van der Waals surface area contributed by atoms with Crippen LogP contribution in [0.25, 0.3) is 0 Å². The summed E-state index contributed by atoms with van der Waals surface area (Å²) in [5, 5.41) is 17.3. The van der Waals surface area contributed by atoms with Crippen LogP contribution in [-0.4, -0.2) is 59.1 Å². The minimum absolute atomic E-state index is 0.0226. The molecule has 0 saturated heterocycles. The van der Waals surface area contributed by atoms with Crippen LogP contribution in [0.1, 0.15) is 32.6 Å². The summed E-state index contributed by atoms with van der Waals surface area (Å²) in [4.78, 5) is 37.4. The number of aliphatic carboxylic acids is 1. The van der Waals surface area contributed by atoms with Crippen molar-refractivity contribution in [2.24, 2.45) is 5.92 Å². The number of anilines is 1. The van der Waals surface area contributed by atoms with Crippen molar-refractivity contribution in [2.75, 3.05) is 18.4 Å². The second kappa shape index (κ2) is 9.05. The third kappa shape index (κ3) is 5.95. The third-order valence-electron chi connectivity index (χ3n) is 5.28. The highest BCUT2D eigenvalue weighted by atomic mass is 16.4. The van der Waals surface area contributed by atoms with Crippen molar-refractivity contribution in [3.05, 3.63) is 30.3 Å². The summed E-state index contributed by atoms with van der Waals surface area (Å²) in [5.41, 5.74) is 0.656. The van der Waals surface area contributed by atoms with Crippen molar-refractivity contribution in [3.8, 4) is 0 Å². The average molecular weight is 388 g/mol. The van der Waals surface area contributed by atoms with Gasteiger partial charge in [-0.1, -0.05) is 18.2 Å². The molecule has 0 aromatic heterocycles. The van der Waals surface area contributed by atoms with E-state index in [-0.39, 0.29) is 24.5 Å². The lowest BCUT2D eigenvalue weighted by Crippen LogP contribution is -2.58. The topological polar surface area (TPSA) is 111 Å². The third-order valence-corrected chi connectivity index (χ3v) is 5.28. The minimum Gasteiger partial charge on any atom is -0.480 e. The fourth-order valence-corrected chi connectivity index (χ4v) is 3.43. The highest BCUT2D eigenvalue weighted by Crippen LogP contribution is 2.33. The van der Waals surface area contributed by atoms with Gasteiger partial charge in [-0.05, 0) is 50.7 Å². The number of carbonyl (C=O) groups is 3. The number of rotatable bonds is 9. The largest absolute Gasteiger partial charge is 0.480 e. The van der Waals surface area contributed by atoms with Crippen molar-refractivity contribution >= 4 is 23.6 Å². The van der Waals surface area contributed by atoms with Gasteiger partial charge in [0.15, 0.2) is 0 Å². The Kier molecular flexibility index (Phi) is 6.51. The molecule has 1 aromatic carbocycles. The summed E-state index contributed by atoms with van der Waals surface area (Å²) in [6.45, 7) is 2.52. The maximum Gasteiger partial charge on any atom is 0.319 e. The summed E-state index contributed by atoms with van der Waals surface area (Å²) in [7, 11) is 0. The van der Waals surface area contributed by atoms with Gasteiger partial charge in [0.2, 0.25) is 5.91 Å². The van der Waals surface area contributed by atoms with E-state index in [9.17, 15) is 14.4 Å². The van der Waals surface area contributed by atoms with Crippen LogP contribution in [0.5, 0.6) is 0 Å². The quantitative estimate of drug-likeness (QED) is 0.514. The van der Waals surface area contributed by atoms with E-state index < -0.39 is 18.0 Å². The van der Waals surface area contributed by atoms with Crippen LogP contribution >= 0.6 is 0 Å². The van der Waals surface area contributed by atoms with E-state index in [0.717, 1.165) is 19.4 Å². The van der Waals surface area contributed by atoms with E-state index in [1.54, 1.807) is 19.1 Å². The number of nitrogens with one attached hydrogen (secondary N) is 3. The Hall–Kier alpha value is -2.61. The van der Waals surface area contributed by atoms with Crippen LogP contribution in [0.3, 0.4) is 0 Å². The molecule has 0 radical (unpaired) electrons. The summed E-state index contributed by atoms with van der Waals surface area (Å²) >= 11 is 0. The number of benzene rings is 1. The number of carboxylic acids is 1. The Bertz CT molecular complexity index is 701. The summed E-state index contributed by atoms with van der Waals surface area (Å²) in [6, 6.07) is 8.15. The lowest BCUT2D eigenvalue weighted by Gasteiger charge is -2.43. The van der Waals surface area contributed by atoms with E-state index in [4.69, 9.17) is 5.11 Å². The number of carbonyl (C=O) groups excluding carboxylic acids is 2. The van der Waals surface area contributed by atoms with Gasteiger partial charge in [0.25, 0.3) is 0 Å². The van der Waals surface area contributed by atoms with Gasteiger partial charge in [0.05, 0.1) is 6.54 Å². The Balaban J connectivity index is 1.38.